The lowest BCUT2D eigenvalue weighted by atomic mass is 10.1. The quantitative estimate of drug-likeness (QED) is 0.719. The summed E-state index contributed by atoms with van der Waals surface area (Å²) in [7, 11) is 2.02. The Morgan fingerprint density at radius 3 is 2.53 bits per heavy atom. The number of carboxylic acids is 1. The summed E-state index contributed by atoms with van der Waals surface area (Å²) in [6.45, 7) is 4.42. The lowest BCUT2D eigenvalue weighted by molar-refractivity contribution is -0.142. The van der Waals surface area contributed by atoms with Crippen LogP contribution in [0.4, 0.5) is 0 Å². The lowest BCUT2D eigenvalue weighted by Crippen LogP contribution is -2.52. The van der Waals surface area contributed by atoms with E-state index >= 15 is 0 Å². The molecule has 1 rings (SSSR count). The number of nitrogens with zero attached hydrogens (tertiary/aromatic N) is 2. The van der Waals surface area contributed by atoms with Crippen molar-refractivity contribution in [2.75, 3.05) is 26.7 Å². The topological polar surface area (TPSA) is 60.9 Å². The zero-order valence-electron chi connectivity index (χ0n) is 9.27. The normalized spacial score (nSPS) is 22.8. The highest BCUT2D eigenvalue weighted by Crippen LogP contribution is 2.10. The molecular formula is C10H18N2O3. The van der Waals surface area contributed by atoms with Crippen molar-refractivity contribution in [3.8, 4) is 0 Å². The predicted molar refractivity (Wildman–Crippen MR) is 55.5 cm³/mol. The zero-order valence-corrected chi connectivity index (χ0v) is 9.27. The van der Waals surface area contributed by atoms with Gasteiger partial charge in [0.2, 0.25) is 5.91 Å². The molecule has 1 aliphatic rings. The number of carbonyl (C=O) groups is 2. The highest BCUT2D eigenvalue weighted by atomic mass is 16.4. The molecule has 1 aliphatic heterocycles. The van der Waals surface area contributed by atoms with Crippen molar-refractivity contribution < 1.29 is 14.7 Å². The summed E-state index contributed by atoms with van der Waals surface area (Å²) < 4.78 is 0. The van der Waals surface area contributed by atoms with Crippen LogP contribution in [0.15, 0.2) is 0 Å². The molecule has 0 bridgehead atoms. The van der Waals surface area contributed by atoms with Gasteiger partial charge >= 0.3 is 5.97 Å². The summed E-state index contributed by atoms with van der Waals surface area (Å²) in [5.41, 5.74) is 0. The molecule has 1 fully saturated rings. The minimum Gasteiger partial charge on any atom is -0.481 e. The first-order valence-corrected chi connectivity index (χ1v) is 5.20. The van der Waals surface area contributed by atoms with Crippen molar-refractivity contribution in [3.63, 3.8) is 0 Å². The number of rotatable bonds is 3. The van der Waals surface area contributed by atoms with Gasteiger partial charge in [-0.2, -0.15) is 0 Å². The minimum atomic E-state index is -0.912. The van der Waals surface area contributed by atoms with Gasteiger partial charge in [0.25, 0.3) is 0 Å². The van der Waals surface area contributed by atoms with Gasteiger partial charge in [0.15, 0.2) is 0 Å². The van der Waals surface area contributed by atoms with Crippen molar-refractivity contribution in [3.05, 3.63) is 0 Å². The highest BCUT2D eigenvalue weighted by Gasteiger charge is 2.25. The molecule has 0 aromatic carbocycles. The molecule has 1 unspecified atom stereocenters. The number of aliphatic carboxylic acids is 1. The summed E-state index contributed by atoms with van der Waals surface area (Å²) in [6.07, 6.45) is 0.0429. The third kappa shape index (κ3) is 3.51. The summed E-state index contributed by atoms with van der Waals surface area (Å²) in [5, 5.41) is 8.49. The summed E-state index contributed by atoms with van der Waals surface area (Å²) >= 11 is 0. The third-order valence-corrected chi connectivity index (χ3v) is 2.70. The van der Waals surface area contributed by atoms with Crippen LogP contribution in [0.2, 0.25) is 0 Å². The van der Waals surface area contributed by atoms with Crippen LogP contribution in [0.3, 0.4) is 0 Å². The molecule has 0 saturated carbocycles. The fourth-order valence-electron chi connectivity index (χ4n) is 1.87. The van der Waals surface area contributed by atoms with Gasteiger partial charge in [-0.3, -0.25) is 9.59 Å². The number of carboxylic acid groups (broad SMARTS) is 1. The maximum absolute atomic E-state index is 11.7. The van der Waals surface area contributed by atoms with Crippen LogP contribution < -0.4 is 0 Å². The monoisotopic (exact) mass is 214 g/mol. The average molecular weight is 214 g/mol. The number of carbonyl (C=O) groups excluding carboxylic acids is 1. The van der Waals surface area contributed by atoms with Gasteiger partial charge in [-0.15, -0.1) is 0 Å². The first kappa shape index (κ1) is 12.0. The van der Waals surface area contributed by atoms with Crippen molar-refractivity contribution in [2.24, 2.45) is 0 Å². The second-order valence-electron chi connectivity index (χ2n) is 4.09. The first-order valence-electron chi connectivity index (χ1n) is 5.20. The van der Waals surface area contributed by atoms with Crippen molar-refractivity contribution in [2.45, 2.75) is 25.8 Å². The van der Waals surface area contributed by atoms with E-state index in [2.05, 4.69) is 4.90 Å². The summed E-state index contributed by atoms with van der Waals surface area (Å²) in [4.78, 5) is 26.0. The first-order chi connectivity index (χ1) is 7.00. The largest absolute Gasteiger partial charge is 0.481 e. The molecule has 0 aromatic rings. The molecule has 1 amide bonds. The van der Waals surface area contributed by atoms with E-state index in [1.165, 1.54) is 0 Å². The Bertz CT molecular complexity index is 255. The van der Waals surface area contributed by atoms with Gasteiger partial charge in [-0.05, 0) is 14.0 Å². The highest BCUT2D eigenvalue weighted by molar-refractivity contribution is 5.81. The van der Waals surface area contributed by atoms with Crippen LogP contribution >= 0.6 is 0 Å². The van der Waals surface area contributed by atoms with E-state index in [1.54, 1.807) is 4.90 Å². The van der Waals surface area contributed by atoms with Gasteiger partial charge in [-0.25, -0.2) is 0 Å². The van der Waals surface area contributed by atoms with Gasteiger partial charge in [0.1, 0.15) is 0 Å². The molecule has 1 heterocycles. The molecule has 1 N–H and O–H groups in total. The molecule has 5 nitrogen and oxygen atoms in total. The number of hydrogen-bond acceptors (Lipinski definition) is 3. The van der Waals surface area contributed by atoms with Crippen LogP contribution in [0.5, 0.6) is 0 Å². The van der Waals surface area contributed by atoms with Gasteiger partial charge < -0.3 is 14.9 Å². The Labute approximate surface area is 89.7 Å². The molecule has 0 aromatic heterocycles. The fraction of sp³-hybridized carbons (Fsp3) is 0.800. The molecule has 15 heavy (non-hydrogen) atoms. The van der Waals surface area contributed by atoms with E-state index in [0.717, 1.165) is 13.1 Å². The summed E-state index contributed by atoms with van der Waals surface area (Å²) in [6, 6.07) is 0.185. The minimum absolute atomic E-state index is 0.0435. The van der Waals surface area contributed by atoms with Crippen molar-refractivity contribution in [1.29, 1.82) is 0 Å². The Morgan fingerprint density at radius 1 is 1.33 bits per heavy atom. The number of piperazine rings is 1. The van der Waals surface area contributed by atoms with Crippen LogP contribution in [0, 0.1) is 0 Å². The van der Waals surface area contributed by atoms with E-state index in [0.29, 0.717) is 6.54 Å². The standard InChI is InChI=1S/C10H18N2O3/c1-8-7-11(2)5-6-12(8)9(13)3-4-10(14)15/h8H,3-7H2,1-2H3,(H,14,15). The average Bonchev–Trinajstić information content (AvgIpc) is 2.14. The number of hydrogen-bond donors (Lipinski definition) is 1. The Balaban J connectivity index is 2.42. The predicted octanol–water partition coefficient (Wildman–Crippen LogP) is 0.0137. The van der Waals surface area contributed by atoms with Gasteiger partial charge in [-0.1, -0.05) is 0 Å². The third-order valence-electron chi connectivity index (χ3n) is 2.70. The van der Waals surface area contributed by atoms with E-state index in [4.69, 9.17) is 5.11 Å². The van der Waals surface area contributed by atoms with Gasteiger partial charge in [0.05, 0.1) is 6.42 Å². The molecule has 0 aliphatic carbocycles. The second kappa shape index (κ2) is 5.11. The Kier molecular flexibility index (Phi) is 4.08. The van der Waals surface area contributed by atoms with Gasteiger partial charge in [0, 0.05) is 32.1 Å². The van der Waals surface area contributed by atoms with E-state index in [9.17, 15) is 9.59 Å². The number of amides is 1. The summed E-state index contributed by atoms with van der Waals surface area (Å²) in [5.74, 6) is -0.955. The maximum Gasteiger partial charge on any atom is 0.303 e. The smallest absolute Gasteiger partial charge is 0.303 e. The molecule has 1 saturated heterocycles. The van der Waals surface area contributed by atoms with Crippen LogP contribution in [-0.4, -0.2) is 59.5 Å². The van der Waals surface area contributed by atoms with Crippen molar-refractivity contribution in [1.82, 2.24) is 9.80 Å². The molecule has 0 spiro atoms. The molecule has 0 radical (unpaired) electrons. The van der Waals surface area contributed by atoms with E-state index in [1.807, 2.05) is 14.0 Å². The van der Waals surface area contributed by atoms with E-state index < -0.39 is 5.97 Å². The second-order valence-corrected chi connectivity index (χ2v) is 4.09. The number of likely N-dealkylation sites (N-methyl/N-ethyl adjacent to an activating group) is 1. The van der Waals surface area contributed by atoms with E-state index in [-0.39, 0.29) is 24.8 Å². The Hall–Kier alpha value is -1.10. The SMILES string of the molecule is CC1CN(C)CCN1C(=O)CCC(=O)O. The zero-order chi connectivity index (χ0) is 11.4. The maximum atomic E-state index is 11.7. The lowest BCUT2D eigenvalue weighted by Gasteiger charge is -2.38. The fourth-order valence-corrected chi connectivity index (χ4v) is 1.87. The van der Waals surface area contributed by atoms with Crippen LogP contribution in [-0.2, 0) is 9.59 Å². The van der Waals surface area contributed by atoms with Crippen LogP contribution in [0.1, 0.15) is 19.8 Å². The molecule has 1 atom stereocenters. The Morgan fingerprint density at radius 2 is 2.00 bits per heavy atom. The molecule has 5 heteroatoms. The van der Waals surface area contributed by atoms with Crippen molar-refractivity contribution >= 4 is 11.9 Å². The van der Waals surface area contributed by atoms with Crippen LogP contribution in [0.25, 0.3) is 0 Å². The molecular weight excluding hydrogens is 196 g/mol. The molecule has 86 valence electrons.